The van der Waals surface area contributed by atoms with E-state index in [0.717, 1.165) is 38.3 Å². The Labute approximate surface area is 107 Å². The van der Waals surface area contributed by atoms with Crippen LogP contribution in [0.2, 0.25) is 0 Å². The summed E-state index contributed by atoms with van der Waals surface area (Å²) in [5.74, 6) is -0.884. The summed E-state index contributed by atoms with van der Waals surface area (Å²) in [4.78, 5) is 13.9. The molecule has 0 unspecified atom stereocenters. The lowest BCUT2D eigenvalue weighted by atomic mass is 9.82. The Hall–Kier alpha value is -1.33. The van der Waals surface area contributed by atoms with Gasteiger partial charge in [-0.25, -0.2) is 4.79 Å². The summed E-state index contributed by atoms with van der Waals surface area (Å²) in [6.45, 7) is 5.33. The van der Waals surface area contributed by atoms with Gasteiger partial charge in [-0.3, -0.25) is 0 Å². The van der Waals surface area contributed by atoms with Gasteiger partial charge in [0.25, 0.3) is 0 Å². The molecule has 0 aliphatic carbocycles. The lowest BCUT2D eigenvalue weighted by molar-refractivity contribution is 0.0240. The number of rotatable bonds is 5. The van der Waals surface area contributed by atoms with E-state index in [9.17, 15) is 4.79 Å². The van der Waals surface area contributed by atoms with E-state index in [0.29, 0.717) is 12.1 Å². The number of aromatic carboxylic acids is 1. The van der Waals surface area contributed by atoms with Gasteiger partial charge in [-0.15, -0.1) is 0 Å². The van der Waals surface area contributed by atoms with Gasteiger partial charge >= 0.3 is 5.97 Å². The molecule has 100 valence electrons. The Morgan fingerprint density at radius 3 is 2.94 bits per heavy atom. The number of H-pyrrole nitrogens is 1. The molecule has 2 heterocycles. The first kappa shape index (κ1) is 13.1. The standard InChI is InChI=1S/C13H20N2O3/c1-13(3-6-18-7-4-13)9-14-8-11-10(12(16)17)2-5-15-11/h2,5,14-15H,3-4,6-9H2,1H3,(H,16,17). The predicted octanol–water partition coefficient (Wildman–Crippen LogP) is 1.62. The highest BCUT2D eigenvalue weighted by Gasteiger charge is 2.26. The van der Waals surface area contributed by atoms with Gasteiger partial charge in [-0.2, -0.15) is 0 Å². The molecule has 0 amide bonds. The zero-order chi connectivity index (χ0) is 13.0. The predicted molar refractivity (Wildman–Crippen MR) is 67.6 cm³/mol. The van der Waals surface area contributed by atoms with E-state index in [2.05, 4.69) is 17.2 Å². The van der Waals surface area contributed by atoms with E-state index in [1.807, 2.05) is 0 Å². The van der Waals surface area contributed by atoms with E-state index in [1.54, 1.807) is 12.3 Å². The van der Waals surface area contributed by atoms with E-state index in [-0.39, 0.29) is 5.41 Å². The molecule has 5 heteroatoms. The topological polar surface area (TPSA) is 74.4 Å². The van der Waals surface area contributed by atoms with Crippen LogP contribution in [0.5, 0.6) is 0 Å². The summed E-state index contributed by atoms with van der Waals surface area (Å²) in [6.07, 6.45) is 3.77. The summed E-state index contributed by atoms with van der Waals surface area (Å²) < 4.78 is 5.36. The molecule has 1 aromatic rings. The number of hydrogen-bond acceptors (Lipinski definition) is 3. The van der Waals surface area contributed by atoms with Crippen molar-refractivity contribution in [1.29, 1.82) is 0 Å². The largest absolute Gasteiger partial charge is 0.478 e. The maximum absolute atomic E-state index is 10.9. The second kappa shape index (κ2) is 5.54. The van der Waals surface area contributed by atoms with Gasteiger partial charge in [0, 0.05) is 38.2 Å². The molecular formula is C13H20N2O3. The number of hydrogen-bond donors (Lipinski definition) is 3. The minimum absolute atomic E-state index is 0.258. The lowest BCUT2D eigenvalue weighted by Crippen LogP contribution is -2.36. The number of carboxylic acids is 1. The molecule has 5 nitrogen and oxygen atoms in total. The third-order valence-corrected chi connectivity index (χ3v) is 3.62. The van der Waals surface area contributed by atoms with Crippen LogP contribution in [0.3, 0.4) is 0 Å². The van der Waals surface area contributed by atoms with Crippen LogP contribution in [-0.4, -0.2) is 35.8 Å². The second-order valence-corrected chi connectivity index (χ2v) is 5.20. The molecule has 3 N–H and O–H groups in total. The van der Waals surface area contributed by atoms with Crippen molar-refractivity contribution in [1.82, 2.24) is 10.3 Å². The van der Waals surface area contributed by atoms with Gasteiger partial charge in [-0.05, 0) is 24.3 Å². The van der Waals surface area contributed by atoms with Gasteiger partial charge in [0.05, 0.1) is 5.56 Å². The summed E-state index contributed by atoms with van der Waals surface area (Å²) in [5.41, 5.74) is 1.34. The first-order valence-electron chi connectivity index (χ1n) is 6.29. The Kier molecular flexibility index (Phi) is 4.04. The minimum Gasteiger partial charge on any atom is -0.478 e. The lowest BCUT2D eigenvalue weighted by Gasteiger charge is -2.33. The summed E-state index contributed by atoms with van der Waals surface area (Å²) in [5, 5.41) is 12.3. The highest BCUT2D eigenvalue weighted by atomic mass is 16.5. The average Bonchev–Trinajstić information content (AvgIpc) is 2.78. The monoisotopic (exact) mass is 252 g/mol. The number of nitrogens with one attached hydrogen (secondary N) is 2. The highest BCUT2D eigenvalue weighted by molar-refractivity contribution is 5.88. The molecular weight excluding hydrogens is 232 g/mol. The van der Waals surface area contributed by atoms with Crippen LogP contribution in [0.1, 0.15) is 35.8 Å². The molecule has 0 bridgehead atoms. The SMILES string of the molecule is CC1(CNCc2[nH]ccc2C(=O)O)CCOCC1. The van der Waals surface area contributed by atoms with Gasteiger partial charge in [0.1, 0.15) is 0 Å². The molecule has 0 aromatic carbocycles. The Balaban J connectivity index is 1.84. The Bertz CT molecular complexity index is 408. The van der Waals surface area contributed by atoms with Crippen molar-refractivity contribution >= 4 is 5.97 Å². The number of ether oxygens (including phenoxy) is 1. The third-order valence-electron chi connectivity index (χ3n) is 3.62. The molecule has 0 radical (unpaired) electrons. The van der Waals surface area contributed by atoms with Crippen molar-refractivity contribution in [3.05, 3.63) is 23.5 Å². The molecule has 1 aromatic heterocycles. The Morgan fingerprint density at radius 2 is 2.28 bits per heavy atom. The maximum atomic E-state index is 10.9. The van der Waals surface area contributed by atoms with Crippen LogP contribution in [0.15, 0.2) is 12.3 Å². The van der Waals surface area contributed by atoms with Gasteiger partial charge in [0.15, 0.2) is 0 Å². The molecule has 1 fully saturated rings. The van der Waals surface area contributed by atoms with E-state index < -0.39 is 5.97 Å². The zero-order valence-corrected chi connectivity index (χ0v) is 10.7. The number of carboxylic acid groups (broad SMARTS) is 1. The Morgan fingerprint density at radius 1 is 1.56 bits per heavy atom. The number of aromatic nitrogens is 1. The molecule has 18 heavy (non-hydrogen) atoms. The van der Waals surface area contributed by atoms with Gasteiger partial charge in [0.2, 0.25) is 0 Å². The molecule has 0 atom stereocenters. The minimum atomic E-state index is -0.884. The number of carbonyl (C=O) groups is 1. The van der Waals surface area contributed by atoms with E-state index >= 15 is 0 Å². The molecule has 1 aliphatic rings. The van der Waals surface area contributed by atoms with Crippen molar-refractivity contribution in [2.24, 2.45) is 5.41 Å². The van der Waals surface area contributed by atoms with Crippen LogP contribution in [0.25, 0.3) is 0 Å². The molecule has 1 aliphatic heterocycles. The van der Waals surface area contributed by atoms with Crippen molar-refractivity contribution in [3.63, 3.8) is 0 Å². The summed E-state index contributed by atoms with van der Waals surface area (Å²) in [7, 11) is 0. The van der Waals surface area contributed by atoms with Crippen LogP contribution >= 0.6 is 0 Å². The van der Waals surface area contributed by atoms with Crippen molar-refractivity contribution < 1.29 is 14.6 Å². The molecule has 1 saturated heterocycles. The molecule has 2 rings (SSSR count). The smallest absolute Gasteiger partial charge is 0.337 e. The van der Waals surface area contributed by atoms with Crippen molar-refractivity contribution in [2.45, 2.75) is 26.3 Å². The van der Waals surface area contributed by atoms with Crippen molar-refractivity contribution in [2.75, 3.05) is 19.8 Å². The average molecular weight is 252 g/mol. The fourth-order valence-electron chi connectivity index (χ4n) is 2.28. The van der Waals surface area contributed by atoms with Crippen LogP contribution in [-0.2, 0) is 11.3 Å². The normalized spacial score (nSPS) is 18.7. The summed E-state index contributed by atoms with van der Waals surface area (Å²) >= 11 is 0. The van der Waals surface area contributed by atoms with E-state index in [4.69, 9.17) is 9.84 Å². The van der Waals surface area contributed by atoms with Crippen LogP contribution < -0.4 is 5.32 Å². The summed E-state index contributed by atoms with van der Waals surface area (Å²) in [6, 6.07) is 1.59. The van der Waals surface area contributed by atoms with Crippen molar-refractivity contribution in [3.8, 4) is 0 Å². The fraction of sp³-hybridized carbons (Fsp3) is 0.615. The quantitative estimate of drug-likeness (QED) is 0.744. The highest BCUT2D eigenvalue weighted by Crippen LogP contribution is 2.28. The van der Waals surface area contributed by atoms with Crippen LogP contribution in [0.4, 0.5) is 0 Å². The fourth-order valence-corrected chi connectivity index (χ4v) is 2.28. The van der Waals surface area contributed by atoms with E-state index in [1.165, 1.54) is 0 Å². The van der Waals surface area contributed by atoms with Gasteiger partial charge in [-0.1, -0.05) is 6.92 Å². The maximum Gasteiger partial charge on any atom is 0.337 e. The molecule has 0 saturated carbocycles. The second-order valence-electron chi connectivity index (χ2n) is 5.20. The zero-order valence-electron chi connectivity index (χ0n) is 10.7. The van der Waals surface area contributed by atoms with Gasteiger partial charge < -0.3 is 20.1 Å². The molecule has 0 spiro atoms. The number of aromatic amines is 1. The first-order valence-corrected chi connectivity index (χ1v) is 6.29. The third kappa shape index (κ3) is 3.11. The first-order chi connectivity index (χ1) is 8.61. The van der Waals surface area contributed by atoms with Crippen LogP contribution in [0, 0.1) is 5.41 Å².